The van der Waals surface area contributed by atoms with E-state index in [1.165, 1.54) is 18.2 Å². The summed E-state index contributed by atoms with van der Waals surface area (Å²) in [6, 6.07) is 4.13. The molecule has 1 aromatic heterocycles. The molecule has 0 unspecified atom stereocenters. The number of aromatic carboxylic acids is 1. The summed E-state index contributed by atoms with van der Waals surface area (Å²) in [6.07, 6.45) is 1.91. The fraction of sp³-hybridized carbons (Fsp3) is 0.286. The van der Waals surface area contributed by atoms with E-state index in [-0.39, 0.29) is 27.7 Å². The number of hydrogen-bond donors (Lipinski definition) is 1. The first kappa shape index (κ1) is 13.9. The first-order chi connectivity index (χ1) is 10.1. The van der Waals surface area contributed by atoms with Gasteiger partial charge < -0.3 is 14.5 Å². The summed E-state index contributed by atoms with van der Waals surface area (Å²) in [5.74, 6) is -1.69. The van der Waals surface area contributed by atoms with Crippen LogP contribution in [0.4, 0.5) is 10.3 Å². The lowest BCUT2D eigenvalue weighted by Gasteiger charge is -2.13. The lowest BCUT2D eigenvalue weighted by molar-refractivity contribution is 0.0698. The molecule has 1 aliphatic rings. The summed E-state index contributed by atoms with van der Waals surface area (Å²) < 4.78 is 19.2. The highest BCUT2D eigenvalue weighted by Gasteiger charge is 2.31. The number of halogens is 2. The lowest BCUT2D eigenvalue weighted by Crippen LogP contribution is -2.19. The number of nitrogens with zero attached hydrogens (tertiary/aromatic N) is 2. The highest BCUT2D eigenvalue weighted by molar-refractivity contribution is 6.33. The van der Waals surface area contributed by atoms with Crippen molar-refractivity contribution in [3.05, 3.63) is 34.6 Å². The van der Waals surface area contributed by atoms with Gasteiger partial charge in [0.1, 0.15) is 11.5 Å². The number of benzene rings is 1. The minimum atomic E-state index is -1.22. The zero-order chi connectivity index (χ0) is 15.0. The molecule has 0 aliphatic carbocycles. The Balaban J connectivity index is 2.17. The molecule has 0 bridgehead atoms. The Hall–Kier alpha value is -2.08. The van der Waals surface area contributed by atoms with Gasteiger partial charge in [-0.2, -0.15) is 0 Å². The van der Waals surface area contributed by atoms with Gasteiger partial charge >= 0.3 is 5.97 Å². The number of carboxylic acids is 1. The fourth-order valence-electron chi connectivity index (χ4n) is 2.50. The number of anilines is 1. The van der Waals surface area contributed by atoms with E-state index in [2.05, 4.69) is 5.16 Å². The normalized spacial score (nSPS) is 14.7. The number of carbonyl (C=O) groups is 1. The molecule has 0 saturated carbocycles. The van der Waals surface area contributed by atoms with Gasteiger partial charge in [0.15, 0.2) is 5.56 Å². The van der Waals surface area contributed by atoms with Crippen molar-refractivity contribution in [1.29, 1.82) is 0 Å². The van der Waals surface area contributed by atoms with Crippen molar-refractivity contribution in [1.82, 2.24) is 5.16 Å². The van der Waals surface area contributed by atoms with Crippen molar-refractivity contribution in [2.24, 2.45) is 0 Å². The molecule has 21 heavy (non-hydrogen) atoms. The molecule has 1 saturated heterocycles. The second kappa shape index (κ2) is 5.37. The number of carboxylic acid groups (broad SMARTS) is 1. The van der Waals surface area contributed by atoms with Crippen LogP contribution in [0.2, 0.25) is 5.02 Å². The van der Waals surface area contributed by atoms with Gasteiger partial charge in [-0.3, -0.25) is 0 Å². The van der Waals surface area contributed by atoms with Crippen molar-refractivity contribution in [3.8, 4) is 11.3 Å². The first-order valence-corrected chi connectivity index (χ1v) is 6.89. The Labute approximate surface area is 124 Å². The maximum Gasteiger partial charge on any atom is 0.343 e. The molecular formula is C14H12ClFN2O3. The van der Waals surface area contributed by atoms with Gasteiger partial charge in [-0.05, 0) is 25.0 Å². The maximum absolute atomic E-state index is 14.0. The lowest BCUT2D eigenvalue weighted by atomic mass is 10.1. The standard InChI is InChI=1S/C14H12ClFN2O3/c15-8-4-3-5-9(16)10(8)12-11(14(19)20)13(21-17-12)18-6-1-2-7-18/h3-5H,1-2,6-7H2,(H,19,20). The molecule has 1 N–H and O–H groups in total. The van der Waals surface area contributed by atoms with Crippen LogP contribution in [0, 0.1) is 5.82 Å². The third-order valence-electron chi connectivity index (χ3n) is 3.48. The van der Waals surface area contributed by atoms with E-state index in [9.17, 15) is 14.3 Å². The van der Waals surface area contributed by atoms with Gasteiger partial charge in [0.2, 0.25) is 5.88 Å². The number of aromatic nitrogens is 1. The Morgan fingerprint density at radius 2 is 2.10 bits per heavy atom. The molecule has 0 amide bonds. The Bertz CT molecular complexity index is 675. The van der Waals surface area contributed by atoms with Crippen LogP contribution < -0.4 is 4.90 Å². The van der Waals surface area contributed by atoms with Gasteiger partial charge in [-0.1, -0.05) is 22.8 Å². The molecule has 0 radical (unpaired) electrons. The first-order valence-electron chi connectivity index (χ1n) is 6.52. The van der Waals surface area contributed by atoms with Crippen molar-refractivity contribution in [2.45, 2.75) is 12.8 Å². The zero-order valence-electron chi connectivity index (χ0n) is 11.0. The molecule has 2 heterocycles. The molecular weight excluding hydrogens is 299 g/mol. The quantitative estimate of drug-likeness (QED) is 0.940. The van der Waals surface area contributed by atoms with Crippen LogP contribution in [0.5, 0.6) is 0 Å². The molecule has 0 atom stereocenters. The Kier molecular flexibility index (Phi) is 3.55. The van der Waals surface area contributed by atoms with Crippen molar-refractivity contribution < 1.29 is 18.8 Å². The van der Waals surface area contributed by atoms with Crippen LogP contribution in [-0.2, 0) is 0 Å². The number of rotatable bonds is 3. The third kappa shape index (κ3) is 2.35. The van der Waals surface area contributed by atoms with E-state index < -0.39 is 11.8 Å². The van der Waals surface area contributed by atoms with Gasteiger partial charge in [0.25, 0.3) is 0 Å². The predicted octanol–water partition coefficient (Wildman–Crippen LogP) is 3.43. The van der Waals surface area contributed by atoms with Crippen LogP contribution in [0.25, 0.3) is 11.3 Å². The predicted molar refractivity (Wildman–Crippen MR) is 75.3 cm³/mol. The van der Waals surface area contributed by atoms with Crippen molar-refractivity contribution in [2.75, 3.05) is 18.0 Å². The van der Waals surface area contributed by atoms with Gasteiger partial charge in [-0.25, -0.2) is 9.18 Å². The molecule has 1 aromatic carbocycles. The molecule has 1 fully saturated rings. The van der Waals surface area contributed by atoms with Crippen LogP contribution in [0.15, 0.2) is 22.7 Å². The second-order valence-corrected chi connectivity index (χ2v) is 5.21. The third-order valence-corrected chi connectivity index (χ3v) is 3.80. The summed E-state index contributed by atoms with van der Waals surface area (Å²) in [7, 11) is 0. The Morgan fingerprint density at radius 3 is 2.71 bits per heavy atom. The van der Waals surface area contributed by atoms with Gasteiger partial charge in [0.05, 0.1) is 10.6 Å². The average molecular weight is 311 g/mol. The molecule has 7 heteroatoms. The summed E-state index contributed by atoms with van der Waals surface area (Å²) in [5.41, 5.74) is -0.276. The summed E-state index contributed by atoms with van der Waals surface area (Å²) >= 11 is 5.98. The van der Waals surface area contributed by atoms with E-state index in [4.69, 9.17) is 16.1 Å². The molecule has 5 nitrogen and oxygen atoms in total. The molecule has 2 aromatic rings. The summed E-state index contributed by atoms with van der Waals surface area (Å²) in [6.45, 7) is 1.39. The summed E-state index contributed by atoms with van der Waals surface area (Å²) in [4.78, 5) is 13.4. The topological polar surface area (TPSA) is 66.6 Å². The zero-order valence-corrected chi connectivity index (χ0v) is 11.7. The number of hydrogen-bond acceptors (Lipinski definition) is 4. The van der Waals surface area contributed by atoms with E-state index in [0.717, 1.165) is 12.8 Å². The van der Waals surface area contributed by atoms with Crippen LogP contribution >= 0.6 is 11.6 Å². The minimum Gasteiger partial charge on any atom is -0.477 e. The van der Waals surface area contributed by atoms with E-state index in [1.807, 2.05) is 0 Å². The smallest absolute Gasteiger partial charge is 0.343 e. The second-order valence-electron chi connectivity index (χ2n) is 4.81. The monoisotopic (exact) mass is 310 g/mol. The van der Waals surface area contributed by atoms with Crippen LogP contribution in [0.1, 0.15) is 23.2 Å². The maximum atomic E-state index is 14.0. The largest absolute Gasteiger partial charge is 0.477 e. The average Bonchev–Trinajstić information content (AvgIpc) is 3.06. The molecule has 3 rings (SSSR count). The highest BCUT2D eigenvalue weighted by atomic mass is 35.5. The van der Waals surface area contributed by atoms with Gasteiger partial charge in [0, 0.05) is 13.1 Å². The van der Waals surface area contributed by atoms with Crippen molar-refractivity contribution in [3.63, 3.8) is 0 Å². The molecule has 0 spiro atoms. The molecule has 1 aliphatic heterocycles. The SMILES string of the molecule is O=C(O)c1c(-c2c(F)cccc2Cl)noc1N1CCCC1. The van der Waals surface area contributed by atoms with E-state index in [0.29, 0.717) is 13.1 Å². The van der Waals surface area contributed by atoms with Crippen LogP contribution in [-0.4, -0.2) is 29.3 Å². The van der Waals surface area contributed by atoms with Gasteiger partial charge in [-0.15, -0.1) is 0 Å². The van der Waals surface area contributed by atoms with E-state index in [1.54, 1.807) is 4.90 Å². The van der Waals surface area contributed by atoms with Crippen molar-refractivity contribution >= 4 is 23.5 Å². The van der Waals surface area contributed by atoms with Crippen LogP contribution in [0.3, 0.4) is 0 Å². The van der Waals surface area contributed by atoms with E-state index >= 15 is 0 Å². The highest BCUT2D eigenvalue weighted by Crippen LogP contribution is 2.37. The minimum absolute atomic E-state index is 0.0502. The Morgan fingerprint density at radius 1 is 1.38 bits per heavy atom. The summed E-state index contributed by atoms with van der Waals surface area (Å²) in [5, 5.41) is 13.3. The fourth-order valence-corrected chi connectivity index (χ4v) is 2.76. The molecule has 110 valence electrons.